The molecule has 2 aromatic rings. The van der Waals surface area contributed by atoms with E-state index in [1.165, 1.54) is 11.1 Å². The van der Waals surface area contributed by atoms with Gasteiger partial charge in [0.25, 0.3) is 5.91 Å². The molecule has 0 aliphatic carbocycles. The van der Waals surface area contributed by atoms with Crippen molar-refractivity contribution in [2.45, 2.75) is 40.7 Å². The lowest BCUT2D eigenvalue weighted by molar-refractivity contribution is 0.0952. The van der Waals surface area contributed by atoms with Crippen molar-refractivity contribution in [3.8, 4) is 11.5 Å². The Labute approximate surface area is 156 Å². The Balaban J connectivity index is 2.08. The molecule has 0 atom stereocenters. The molecule has 26 heavy (non-hydrogen) atoms. The molecule has 4 heteroatoms. The number of nitrogens with one attached hydrogen (secondary N) is 1. The molecule has 140 valence electrons. The van der Waals surface area contributed by atoms with Gasteiger partial charge in [0.05, 0.1) is 7.11 Å². The Kier molecular flexibility index (Phi) is 7.07. The molecule has 0 aliphatic rings. The van der Waals surface area contributed by atoms with Gasteiger partial charge in [-0.25, -0.2) is 0 Å². The van der Waals surface area contributed by atoms with Crippen LogP contribution in [0.15, 0.2) is 36.4 Å². The van der Waals surface area contributed by atoms with Crippen LogP contribution in [0.25, 0.3) is 0 Å². The fraction of sp³-hybridized carbons (Fsp3) is 0.409. The molecule has 0 aromatic heterocycles. The third kappa shape index (κ3) is 5.51. The van der Waals surface area contributed by atoms with Crippen molar-refractivity contribution in [3.05, 3.63) is 58.7 Å². The largest absolute Gasteiger partial charge is 0.496 e. The van der Waals surface area contributed by atoms with E-state index in [4.69, 9.17) is 9.47 Å². The number of benzene rings is 2. The Morgan fingerprint density at radius 2 is 1.85 bits per heavy atom. The van der Waals surface area contributed by atoms with Crippen LogP contribution < -0.4 is 14.8 Å². The average Bonchev–Trinajstić information content (AvgIpc) is 2.62. The molecule has 1 amide bonds. The van der Waals surface area contributed by atoms with Gasteiger partial charge in [-0.3, -0.25) is 4.79 Å². The molecule has 2 rings (SSSR count). The molecule has 0 saturated carbocycles. The fourth-order valence-corrected chi connectivity index (χ4v) is 2.57. The summed E-state index contributed by atoms with van der Waals surface area (Å²) >= 11 is 0. The minimum absolute atomic E-state index is 0.0688. The molecule has 0 radical (unpaired) electrons. The van der Waals surface area contributed by atoms with Crippen LogP contribution in [0, 0.1) is 19.8 Å². The van der Waals surface area contributed by atoms with Crippen molar-refractivity contribution in [2.24, 2.45) is 5.92 Å². The normalized spacial score (nSPS) is 10.7. The maximum Gasteiger partial charge on any atom is 0.251 e. The fourth-order valence-electron chi connectivity index (χ4n) is 2.57. The summed E-state index contributed by atoms with van der Waals surface area (Å²) in [6, 6.07) is 11.5. The molecule has 0 fully saturated rings. The van der Waals surface area contributed by atoms with E-state index in [0.29, 0.717) is 30.4 Å². The van der Waals surface area contributed by atoms with Crippen LogP contribution in [0.2, 0.25) is 0 Å². The molecule has 4 nitrogen and oxygen atoms in total. The minimum atomic E-state index is -0.0688. The van der Waals surface area contributed by atoms with Gasteiger partial charge in [-0.1, -0.05) is 19.9 Å². The van der Waals surface area contributed by atoms with Gasteiger partial charge in [0.15, 0.2) is 0 Å². The van der Waals surface area contributed by atoms with E-state index in [1.807, 2.05) is 30.3 Å². The molecule has 2 aromatic carbocycles. The van der Waals surface area contributed by atoms with Crippen LogP contribution in [0.4, 0.5) is 0 Å². The lowest BCUT2D eigenvalue weighted by Crippen LogP contribution is -2.25. The Morgan fingerprint density at radius 1 is 1.08 bits per heavy atom. The van der Waals surface area contributed by atoms with E-state index in [2.05, 4.69) is 33.0 Å². The van der Waals surface area contributed by atoms with Crippen LogP contribution in [0.5, 0.6) is 11.5 Å². The summed E-state index contributed by atoms with van der Waals surface area (Å²) in [5, 5.41) is 2.96. The third-order valence-electron chi connectivity index (χ3n) is 4.42. The molecule has 0 heterocycles. The van der Waals surface area contributed by atoms with Crippen molar-refractivity contribution in [3.63, 3.8) is 0 Å². The van der Waals surface area contributed by atoms with Gasteiger partial charge in [0, 0.05) is 17.7 Å². The summed E-state index contributed by atoms with van der Waals surface area (Å²) in [6.07, 6.45) is 0.963. The lowest BCUT2D eigenvalue weighted by atomic mass is 10.1. The Bertz CT molecular complexity index is 753. The van der Waals surface area contributed by atoms with E-state index >= 15 is 0 Å². The van der Waals surface area contributed by atoms with Gasteiger partial charge < -0.3 is 14.8 Å². The minimum Gasteiger partial charge on any atom is -0.496 e. The van der Waals surface area contributed by atoms with Gasteiger partial charge >= 0.3 is 0 Å². The molecule has 0 saturated heterocycles. The van der Waals surface area contributed by atoms with Crippen LogP contribution in [-0.2, 0) is 6.61 Å². The average molecular weight is 355 g/mol. The number of methoxy groups -OCH3 is 1. The topological polar surface area (TPSA) is 47.6 Å². The zero-order valence-electron chi connectivity index (χ0n) is 16.4. The second-order valence-electron chi connectivity index (χ2n) is 7.00. The number of ether oxygens (including phenoxy) is 2. The van der Waals surface area contributed by atoms with E-state index in [-0.39, 0.29) is 5.91 Å². The smallest absolute Gasteiger partial charge is 0.251 e. The van der Waals surface area contributed by atoms with E-state index < -0.39 is 0 Å². The van der Waals surface area contributed by atoms with Crippen molar-refractivity contribution < 1.29 is 14.3 Å². The Hall–Kier alpha value is -2.49. The lowest BCUT2D eigenvalue weighted by Gasteiger charge is -2.13. The van der Waals surface area contributed by atoms with E-state index in [1.54, 1.807) is 13.2 Å². The van der Waals surface area contributed by atoms with Crippen LogP contribution in [0.3, 0.4) is 0 Å². The first-order valence-electron chi connectivity index (χ1n) is 9.06. The molecular weight excluding hydrogens is 326 g/mol. The van der Waals surface area contributed by atoms with Crippen molar-refractivity contribution >= 4 is 5.91 Å². The summed E-state index contributed by atoms with van der Waals surface area (Å²) < 4.78 is 11.3. The Morgan fingerprint density at radius 3 is 2.50 bits per heavy atom. The monoisotopic (exact) mass is 355 g/mol. The highest BCUT2D eigenvalue weighted by Gasteiger charge is 2.11. The summed E-state index contributed by atoms with van der Waals surface area (Å²) in [7, 11) is 1.62. The quantitative estimate of drug-likeness (QED) is 0.749. The van der Waals surface area contributed by atoms with Crippen molar-refractivity contribution in [1.29, 1.82) is 0 Å². The van der Waals surface area contributed by atoms with Gasteiger partial charge in [0.1, 0.15) is 18.1 Å². The number of carbonyl (C=O) groups excluding carboxylic acids is 1. The maximum absolute atomic E-state index is 12.3. The number of hydrogen-bond donors (Lipinski definition) is 1. The van der Waals surface area contributed by atoms with E-state index in [0.717, 1.165) is 17.7 Å². The summed E-state index contributed by atoms with van der Waals surface area (Å²) in [5.74, 6) is 2.02. The van der Waals surface area contributed by atoms with Gasteiger partial charge in [-0.05, 0) is 67.6 Å². The molecule has 0 bridgehead atoms. The summed E-state index contributed by atoms with van der Waals surface area (Å²) in [4.78, 5) is 12.3. The highest BCUT2D eigenvalue weighted by atomic mass is 16.5. The van der Waals surface area contributed by atoms with Crippen LogP contribution in [-0.4, -0.2) is 19.6 Å². The zero-order valence-corrected chi connectivity index (χ0v) is 16.4. The number of aryl methyl sites for hydroxylation is 2. The standard InChI is InChI=1S/C22H29NO3/c1-15(2)10-11-23-22(24)18-7-9-21(25-5)19(13-18)14-26-20-8-6-16(3)17(4)12-20/h6-9,12-13,15H,10-11,14H2,1-5H3,(H,23,24). The first kappa shape index (κ1) is 19.8. The highest BCUT2D eigenvalue weighted by molar-refractivity contribution is 5.94. The first-order chi connectivity index (χ1) is 12.4. The van der Waals surface area contributed by atoms with Crippen LogP contribution >= 0.6 is 0 Å². The summed E-state index contributed by atoms with van der Waals surface area (Å²) in [6.45, 7) is 9.44. The van der Waals surface area contributed by atoms with Gasteiger partial charge in [-0.15, -0.1) is 0 Å². The van der Waals surface area contributed by atoms with Gasteiger partial charge in [0.2, 0.25) is 0 Å². The van der Waals surface area contributed by atoms with Gasteiger partial charge in [-0.2, -0.15) is 0 Å². The highest BCUT2D eigenvalue weighted by Crippen LogP contribution is 2.23. The predicted octanol–water partition coefficient (Wildman–Crippen LogP) is 4.67. The molecule has 1 N–H and O–H groups in total. The second-order valence-corrected chi connectivity index (χ2v) is 7.00. The third-order valence-corrected chi connectivity index (χ3v) is 4.42. The first-order valence-corrected chi connectivity index (χ1v) is 9.06. The molecule has 0 aliphatic heterocycles. The molecule has 0 spiro atoms. The number of carbonyl (C=O) groups is 1. The zero-order chi connectivity index (χ0) is 19.1. The second kappa shape index (κ2) is 9.27. The maximum atomic E-state index is 12.3. The SMILES string of the molecule is COc1ccc(C(=O)NCCC(C)C)cc1COc1ccc(C)c(C)c1. The number of amides is 1. The molecular formula is C22H29NO3. The van der Waals surface area contributed by atoms with Crippen LogP contribution in [0.1, 0.15) is 47.3 Å². The number of rotatable bonds is 8. The molecule has 0 unspecified atom stereocenters. The van der Waals surface area contributed by atoms with E-state index in [9.17, 15) is 4.79 Å². The van der Waals surface area contributed by atoms with Crippen molar-refractivity contribution in [1.82, 2.24) is 5.32 Å². The predicted molar refractivity (Wildman–Crippen MR) is 105 cm³/mol. The van der Waals surface area contributed by atoms with Crippen molar-refractivity contribution in [2.75, 3.05) is 13.7 Å². The number of hydrogen-bond acceptors (Lipinski definition) is 3. The summed E-state index contributed by atoms with van der Waals surface area (Å²) in [5.41, 5.74) is 3.89.